The minimum absolute atomic E-state index is 0.308. The van der Waals surface area contributed by atoms with Gasteiger partial charge in [0.1, 0.15) is 0 Å². The summed E-state index contributed by atoms with van der Waals surface area (Å²) in [5.41, 5.74) is 6.75. The second-order valence-electron chi connectivity index (χ2n) is 3.53. The lowest BCUT2D eigenvalue weighted by atomic mass is 10.1. The van der Waals surface area contributed by atoms with E-state index in [4.69, 9.17) is 5.73 Å². The quantitative estimate of drug-likeness (QED) is 0.853. The molecule has 0 aliphatic heterocycles. The number of rotatable bonds is 2. The molecule has 1 heterocycles. The van der Waals surface area contributed by atoms with Gasteiger partial charge in [-0.1, -0.05) is 12.1 Å². The molecule has 0 spiro atoms. The van der Waals surface area contributed by atoms with Crippen LogP contribution >= 0.6 is 11.3 Å². The van der Waals surface area contributed by atoms with Gasteiger partial charge in [-0.25, -0.2) is 8.78 Å². The number of nitrogens with two attached hydrogens (primary N) is 1. The Morgan fingerprint density at radius 1 is 1.31 bits per heavy atom. The highest BCUT2D eigenvalue weighted by molar-refractivity contribution is 7.15. The topological polar surface area (TPSA) is 26.0 Å². The van der Waals surface area contributed by atoms with Crippen LogP contribution in [0, 0.1) is 18.6 Å². The zero-order valence-corrected chi connectivity index (χ0v) is 9.57. The summed E-state index contributed by atoms with van der Waals surface area (Å²) >= 11 is 1.40. The van der Waals surface area contributed by atoms with Crippen molar-refractivity contribution < 1.29 is 8.78 Å². The summed E-state index contributed by atoms with van der Waals surface area (Å²) in [5, 5.41) is 0. The molecule has 16 heavy (non-hydrogen) atoms. The van der Waals surface area contributed by atoms with Crippen molar-refractivity contribution in [3.8, 4) is 10.4 Å². The standard InChI is InChI=1S/C12H11F2NS/c1-7-5-8(6-15)16-12(7)9-3-2-4-10(13)11(9)14/h2-5H,6,15H2,1H3. The number of benzene rings is 1. The molecule has 0 aliphatic carbocycles. The van der Waals surface area contributed by atoms with E-state index in [-0.39, 0.29) is 0 Å². The van der Waals surface area contributed by atoms with Crippen LogP contribution < -0.4 is 5.73 Å². The molecule has 0 atom stereocenters. The van der Waals surface area contributed by atoms with Crippen molar-refractivity contribution in [3.05, 3.63) is 46.3 Å². The highest BCUT2D eigenvalue weighted by Gasteiger charge is 2.14. The molecule has 0 radical (unpaired) electrons. The summed E-state index contributed by atoms with van der Waals surface area (Å²) in [5.74, 6) is -1.62. The zero-order chi connectivity index (χ0) is 11.7. The molecule has 84 valence electrons. The highest BCUT2D eigenvalue weighted by atomic mass is 32.1. The summed E-state index contributed by atoms with van der Waals surface area (Å²) in [4.78, 5) is 1.72. The maximum atomic E-state index is 13.6. The average Bonchev–Trinajstić information content (AvgIpc) is 2.64. The number of halogens is 2. The van der Waals surface area contributed by atoms with Crippen LogP contribution in [0.25, 0.3) is 10.4 Å². The smallest absolute Gasteiger partial charge is 0.167 e. The van der Waals surface area contributed by atoms with Gasteiger partial charge in [0.2, 0.25) is 0 Å². The Balaban J connectivity index is 2.58. The van der Waals surface area contributed by atoms with Gasteiger partial charge in [0.15, 0.2) is 11.6 Å². The third kappa shape index (κ3) is 1.86. The van der Waals surface area contributed by atoms with Crippen LogP contribution in [0.15, 0.2) is 24.3 Å². The van der Waals surface area contributed by atoms with Gasteiger partial charge >= 0.3 is 0 Å². The SMILES string of the molecule is Cc1cc(CN)sc1-c1cccc(F)c1F. The molecule has 0 unspecified atom stereocenters. The third-order valence-electron chi connectivity index (χ3n) is 2.37. The van der Waals surface area contributed by atoms with Gasteiger partial charge in [-0.05, 0) is 24.6 Å². The van der Waals surface area contributed by atoms with Gasteiger partial charge in [0.05, 0.1) is 0 Å². The van der Waals surface area contributed by atoms with Crippen LogP contribution in [0.3, 0.4) is 0 Å². The van der Waals surface area contributed by atoms with Gasteiger partial charge in [0, 0.05) is 21.9 Å². The zero-order valence-electron chi connectivity index (χ0n) is 8.76. The van der Waals surface area contributed by atoms with Gasteiger partial charge in [-0.15, -0.1) is 11.3 Å². The molecule has 0 aliphatic rings. The molecular weight excluding hydrogens is 228 g/mol. The van der Waals surface area contributed by atoms with E-state index in [0.29, 0.717) is 12.1 Å². The fourth-order valence-electron chi connectivity index (χ4n) is 1.60. The molecule has 2 N–H and O–H groups in total. The van der Waals surface area contributed by atoms with Crippen molar-refractivity contribution in [3.63, 3.8) is 0 Å². The van der Waals surface area contributed by atoms with Crippen molar-refractivity contribution in [1.82, 2.24) is 0 Å². The van der Waals surface area contributed by atoms with Crippen LogP contribution in [0.2, 0.25) is 0 Å². The Morgan fingerprint density at radius 2 is 2.06 bits per heavy atom. The first-order valence-electron chi connectivity index (χ1n) is 4.87. The first-order chi connectivity index (χ1) is 7.63. The van der Waals surface area contributed by atoms with Crippen molar-refractivity contribution in [1.29, 1.82) is 0 Å². The van der Waals surface area contributed by atoms with E-state index in [1.54, 1.807) is 6.07 Å². The predicted molar refractivity (Wildman–Crippen MR) is 62.3 cm³/mol. The van der Waals surface area contributed by atoms with E-state index in [1.165, 1.54) is 17.4 Å². The van der Waals surface area contributed by atoms with Crippen LogP contribution in [-0.4, -0.2) is 0 Å². The van der Waals surface area contributed by atoms with E-state index < -0.39 is 11.6 Å². The monoisotopic (exact) mass is 239 g/mol. The minimum atomic E-state index is -0.820. The van der Waals surface area contributed by atoms with Gasteiger partial charge in [-0.3, -0.25) is 0 Å². The Kier molecular flexibility index (Phi) is 3.03. The van der Waals surface area contributed by atoms with E-state index >= 15 is 0 Å². The highest BCUT2D eigenvalue weighted by Crippen LogP contribution is 2.34. The largest absolute Gasteiger partial charge is 0.326 e. The minimum Gasteiger partial charge on any atom is -0.326 e. The third-order valence-corrected chi connectivity index (χ3v) is 3.66. The fraction of sp³-hybridized carbons (Fsp3) is 0.167. The fourth-order valence-corrected chi connectivity index (χ4v) is 2.66. The lowest BCUT2D eigenvalue weighted by Gasteiger charge is -2.02. The second-order valence-corrected chi connectivity index (χ2v) is 4.67. The summed E-state index contributed by atoms with van der Waals surface area (Å²) in [6, 6.07) is 6.11. The first-order valence-corrected chi connectivity index (χ1v) is 5.69. The van der Waals surface area contributed by atoms with Crippen molar-refractivity contribution in [2.75, 3.05) is 0 Å². The predicted octanol–water partition coefficient (Wildman–Crippen LogP) is 3.46. The summed E-state index contributed by atoms with van der Waals surface area (Å²) in [6.45, 7) is 2.29. The van der Waals surface area contributed by atoms with Crippen LogP contribution in [0.4, 0.5) is 8.78 Å². The Labute approximate surface area is 96.5 Å². The summed E-state index contributed by atoms with van der Waals surface area (Å²) in [6.07, 6.45) is 0. The molecule has 0 saturated carbocycles. The Hall–Kier alpha value is -1.26. The molecule has 0 saturated heterocycles. The van der Waals surface area contributed by atoms with Crippen molar-refractivity contribution in [2.24, 2.45) is 5.73 Å². The van der Waals surface area contributed by atoms with Crippen molar-refractivity contribution in [2.45, 2.75) is 13.5 Å². The molecule has 1 aromatic heterocycles. The Morgan fingerprint density at radius 3 is 2.69 bits per heavy atom. The second kappa shape index (κ2) is 4.31. The van der Waals surface area contributed by atoms with Gasteiger partial charge in [-0.2, -0.15) is 0 Å². The molecule has 0 fully saturated rings. The maximum Gasteiger partial charge on any atom is 0.167 e. The van der Waals surface area contributed by atoms with Crippen LogP contribution in [-0.2, 0) is 6.54 Å². The lowest BCUT2D eigenvalue weighted by molar-refractivity contribution is 0.511. The lowest BCUT2D eigenvalue weighted by Crippen LogP contribution is -1.91. The Bertz CT molecular complexity index is 520. The molecule has 1 aromatic carbocycles. The summed E-state index contributed by atoms with van der Waals surface area (Å²) in [7, 11) is 0. The maximum absolute atomic E-state index is 13.6. The van der Waals surface area contributed by atoms with E-state index in [0.717, 1.165) is 21.4 Å². The molecule has 2 rings (SSSR count). The molecule has 2 aromatic rings. The van der Waals surface area contributed by atoms with Crippen molar-refractivity contribution >= 4 is 11.3 Å². The number of aryl methyl sites for hydroxylation is 1. The number of hydrogen-bond acceptors (Lipinski definition) is 2. The molecule has 0 bridgehead atoms. The molecule has 0 amide bonds. The van der Waals surface area contributed by atoms with Gasteiger partial charge in [0.25, 0.3) is 0 Å². The number of hydrogen-bond donors (Lipinski definition) is 1. The van der Waals surface area contributed by atoms with Crippen LogP contribution in [0.5, 0.6) is 0 Å². The van der Waals surface area contributed by atoms with E-state index in [9.17, 15) is 8.78 Å². The first kappa shape index (κ1) is 11.2. The molecule has 1 nitrogen and oxygen atoms in total. The van der Waals surface area contributed by atoms with Crippen LogP contribution in [0.1, 0.15) is 10.4 Å². The molecule has 4 heteroatoms. The van der Waals surface area contributed by atoms with E-state index in [1.807, 2.05) is 13.0 Å². The number of thiophene rings is 1. The summed E-state index contributed by atoms with van der Waals surface area (Å²) < 4.78 is 26.7. The van der Waals surface area contributed by atoms with Gasteiger partial charge < -0.3 is 5.73 Å². The normalized spacial score (nSPS) is 10.8. The molecular formula is C12H11F2NS. The van der Waals surface area contributed by atoms with E-state index in [2.05, 4.69) is 0 Å². The average molecular weight is 239 g/mol.